The number of benzene rings is 2. The molecule has 21 heavy (non-hydrogen) atoms. The molecule has 0 fully saturated rings. The molecule has 0 heterocycles. The molecule has 2 aromatic carbocycles. The lowest BCUT2D eigenvalue weighted by Crippen LogP contribution is -2.14. The van der Waals surface area contributed by atoms with Gasteiger partial charge in [-0.1, -0.05) is 0 Å². The molecular weight excluding hydrogens is 267 g/mol. The maximum Gasteiger partial charge on any atom is 0.255 e. The van der Waals surface area contributed by atoms with Gasteiger partial charge in [0.05, 0.1) is 0 Å². The Balaban J connectivity index is 2.21. The smallest absolute Gasteiger partial charge is 0.255 e. The van der Waals surface area contributed by atoms with Crippen LogP contribution in [0.1, 0.15) is 21.5 Å². The fraction of sp³-hybridized carbons (Fsp3) is 0.235. The maximum absolute atomic E-state index is 13.2. The van der Waals surface area contributed by atoms with Gasteiger partial charge in [0.2, 0.25) is 0 Å². The van der Waals surface area contributed by atoms with Crippen LogP contribution in [-0.4, -0.2) is 20.0 Å². The third kappa shape index (κ3) is 3.40. The summed E-state index contributed by atoms with van der Waals surface area (Å²) in [6.07, 6.45) is 0. The number of hydrogen-bond acceptors (Lipinski definition) is 2. The van der Waals surface area contributed by atoms with Crippen molar-refractivity contribution in [2.45, 2.75) is 13.8 Å². The summed E-state index contributed by atoms with van der Waals surface area (Å²) < 4.78 is 13.2. The van der Waals surface area contributed by atoms with E-state index in [4.69, 9.17) is 0 Å². The Labute approximate surface area is 124 Å². The average Bonchev–Trinajstić information content (AvgIpc) is 2.43. The lowest BCUT2D eigenvalue weighted by atomic mass is 10.1. The van der Waals surface area contributed by atoms with Gasteiger partial charge in [0.1, 0.15) is 5.82 Å². The number of nitrogens with zero attached hydrogens (tertiary/aromatic N) is 1. The largest absolute Gasteiger partial charge is 0.378 e. The SMILES string of the molecule is Cc1cc(C(=O)Nc2ccc(N(C)C)cc2C)ccc1F. The first-order valence-corrected chi connectivity index (χ1v) is 6.74. The normalized spacial score (nSPS) is 10.3. The van der Waals surface area contributed by atoms with E-state index in [9.17, 15) is 9.18 Å². The fourth-order valence-electron chi connectivity index (χ4n) is 2.05. The zero-order chi connectivity index (χ0) is 15.6. The highest BCUT2D eigenvalue weighted by Gasteiger charge is 2.10. The molecule has 0 bridgehead atoms. The van der Waals surface area contributed by atoms with Gasteiger partial charge in [-0.05, 0) is 61.4 Å². The number of rotatable bonds is 3. The molecule has 2 rings (SSSR count). The van der Waals surface area contributed by atoms with Crippen LogP contribution in [-0.2, 0) is 0 Å². The number of carbonyl (C=O) groups excluding carboxylic acids is 1. The summed E-state index contributed by atoms with van der Waals surface area (Å²) in [6, 6.07) is 10.2. The molecule has 0 saturated heterocycles. The van der Waals surface area contributed by atoms with Gasteiger partial charge >= 0.3 is 0 Å². The molecule has 0 saturated carbocycles. The Morgan fingerprint density at radius 2 is 1.76 bits per heavy atom. The third-order valence-electron chi connectivity index (χ3n) is 3.39. The topological polar surface area (TPSA) is 32.3 Å². The third-order valence-corrected chi connectivity index (χ3v) is 3.39. The summed E-state index contributed by atoms with van der Waals surface area (Å²) >= 11 is 0. The number of amides is 1. The summed E-state index contributed by atoms with van der Waals surface area (Å²) in [4.78, 5) is 14.2. The van der Waals surface area contributed by atoms with Crippen molar-refractivity contribution in [1.29, 1.82) is 0 Å². The maximum atomic E-state index is 13.2. The van der Waals surface area contributed by atoms with Gasteiger partial charge in [0, 0.05) is 31.0 Å². The summed E-state index contributed by atoms with van der Waals surface area (Å²) in [7, 11) is 3.93. The van der Waals surface area contributed by atoms with Crippen LogP contribution >= 0.6 is 0 Å². The van der Waals surface area contributed by atoms with E-state index < -0.39 is 0 Å². The highest BCUT2D eigenvalue weighted by molar-refractivity contribution is 6.04. The summed E-state index contributed by atoms with van der Waals surface area (Å²) in [5.41, 5.74) is 3.72. The molecule has 0 radical (unpaired) electrons. The first-order chi connectivity index (χ1) is 9.88. The summed E-state index contributed by atoms with van der Waals surface area (Å²) in [5, 5.41) is 2.86. The molecule has 1 N–H and O–H groups in total. The Bertz CT molecular complexity index is 680. The molecule has 0 atom stereocenters. The molecule has 0 unspecified atom stereocenters. The van der Waals surface area contributed by atoms with Crippen molar-refractivity contribution in [3.63, 3.8) is 0 Å². The highest BCUT2D eigenvalue weighted by atomic mass is 19.1. The molecule has 1 amide bonds. The van der Waals surface area contributed by atoms with Crippen LogP contribution in [0.3, 0.4) is 0 Å². The second kappa shape index (κ2) is 5.95. The van der Waals surface area contributed by atoms with E-state index in [1.807, 2.05) is 44.1 Å². The van der Waals surface area contributed by atoms with E-state index in [1.54, 1.807) is 13.0 Å². The molecule has 0 spiro atoms. The molecule has 0 aromatic heterocycles. The van der Waals surface area contributed by atoms with E-state index >= 15 is 0 Å². The Kier molecular flexibility index (Phi) is 4.26. The van der Waals surface area contributed by atoms with Crippen LogP contribution in [0.15, 0.2) is 36.4 Å². The predicted molar refractivity (Wildman–Crippen MR) is 84.6 cm³/mol. The van der Waals surface area contributed by atoms with Crippen molar-refractivity contribution in [3.05, 3.63) is 58.9 Å². The Morgan fingerprint density at radius 3 is 2.33 bits per heavy atom. The quantitative estimate of drug-likeness (QED) is 0.931. The van der Waals surface area contributed by atoms with Crippen molar-refractivity contribution < 1.29 is 9.18 Å². The van der Waals surface area contributed by atoms with E-state index in [1.165, 1.54) is 12.1 Å². The molecule has 0 aliphatic rings. The van der Waals surface area contributed by atoms with Crippen LogP contribution < -0.4 is 10.2 Å². The van der Waals surface area contributed by atoms with Gasteiger partial charge < -0.3 is 10.2 Å². The lowest BCUT2D eigenvalue weighted by Gasteiger charge is -2.15. The standard InChI is InChI=1S/C17H19FN2O/c1-11-9-13(5-7-15(11)18)17(21)19-16-8-6-14(20(3)4)10-12(16)2/h5-10H,1-4H3,(H,19,21). The fourth-order valence-corrected chi connectivity index (χ4v) is 2.05. The molecule has 0 aliphatic carbocycles. The van der Waals surface area contributed by atoms with Crippen molar-refractivity contribution >= 4 is 17.3 Å². The van der Waals surface area contributed by atoms with Gasteiger partial charge in [0.25, 0.3) is 5.91 Å². The number of carbonyl (C=O) groups is 1. The average molecular weight is 286 g/mol. The van der Waals surface area contributed by atoms with Crippen LogP contribution in [0.5, 0.6) is 0 Å². The number of halogens is 1. The van der Waals surface area contributed by atoms with Crippen LogP contribution in [0.2, 0.25) is 0 Å². The first kappa shape index (κ1) is 15.0. The molecule has 2 aromatic rings. The predicted octanol–water partition coefficient (Wildman–Crippen LogP) is 3.76. The molecule has 110 valence electrons. The molecule has 3 nitrogen and oxygen atoms in total. The van der Waals surface area contributed by atoms with Crippen LogP contribution in [0, 0.1) is 19.7 Å². The zero-order valence-electron chi connectivity index (χ0n) is 12.7. The van der Waals surface area contributed by atoms with Gasteiger partial charge in [-0.25, -0.2) is 4.39 Å². The second-order valence-electron chi connectivity index (χ2n) is 5.31. The van der Waals surface area contributed by atoms with Gasteiger partial charge in [-0.3, -0.25) is 4.79 Å². The molecule has 0 aliphatic heterocycles. The van der Waals surface area contributed by atoms with Crippen LogP contribution in [0.25, 0.3) is 0 Å². The number of aryl methyl sites for hydroxylation is 2. The van der Waals surface area contributed by atoms with Crippen molar-refractivity contribution in [2.75, 3.05) is 24.3 Å². The minimum Gasteiger partial charge on any atom is -0.378 e. The van der Waals surface area contributed by atoms with E-state index in [0.717, 1.165) is 16.9 Å². The van der Waals surface area contributed by atoms with Crippen LogP contribution in [0.4, 0.5) is 15.8 Å². The Hall–Kier alpha value is -2.36. The number of hydrogen-bond donors (Lipinski definition) is 1. The molecule has 4 heteroatoms. The van der Waals surface area contributed by atoms with Gasteiger partial charge in [0.15, 0.2) is 0 Å². The van der Waals surface area contributed by atoms with Crippen molar-refractivity contribution in [1.82, 2.24) is 0 Å². The van der Waals surface area contributed by atoms with Gasteiger partial charge in [-0.2, -0.15) is 0 Å². The number of nitrogens with one attached hydrogen (secondary N) is 1. The monoisotopic (exact) mass is 286 g/mol. The summed E-state index contributed by atoms with van der Waals surface area (Å²) in [5.74, 6) is -0.545. The van der Waals surface area contributed by atoms with E-state index in [0.29, 0.717) is 11.1 Å². The lowest BCUT2D eigenvalue weighted by molar-refractivity contribution is 0.102. The highest BCUT2D eigenvalue weighted by Crippen LogP contribution is 2.22. The van der Waals surface area contributed by atoms with E-state index in [2.05, 4.69) is 5.32 Å². The van der Waals surface area contributed by atoms with Gasteiger partial charge in [-0.15, -0.1) is 0 Å². The minimum absolute atomic E-state index is 0.237. The van der Waals surface area contributed by atoms with E-state index in [-0.39, 0.29) is 11.7 Å². The number of anilines is 2. The Morgan fingerprint density at radius 1 is 1.05 bits per heavy atom. The minimum atomic E-state index is -0.307. The zero-order valence-corrected chi connectivity index (χ0v) is 12.7. The van der Waals surface area contributed by atoms with Crippen molar-refractivity contribution in [2.24, 2.45) is 0 Å². The van der Waals surface area contributed by atoms with Crippen molar-refractivity contribution in [3.8, 4) is 0 Å². The summed E-state index contributed by atoms with van der Waals surface area (Å²) in [6.45, 7) is 3.59. The second-order valence-corrected chi connectivity index (χ2v) is 5.31. The first-order valence-electron chi connectivity index (χ1n) is 6.74. The molecular formula is C17H19FN2O.